The Kier molecular flexibility index (Phi) is 5.28. The highest BCUT2D eigenvalue weighted by Crippen LogP contribution is 2.38. The molecular formula is C18H23Cl2N3O2. The smallest absolute Gasteiger partial charge is 0.255 e. The predicted octanol–water partition coefficient (Wildman–Crippen LogP) is 2.70. The van der Waals surface area contributed by atoms with Gasteiger partial charge in [-0.15, -0.1) is 12.4 Å². The summed E-state index contributed by atoms with van der Waals surface area (Å²) in [5, 5.41) is 0.441. The number of nitrogens with zero attached hydrogens (tertiary/aromatic N) is 2. The van der Waals surface area contributed by atoms with E-state index in [0.29, 0.717) is 41.9 Å². The molecule has 25 heavy (non-hydrogen) atoms. The highest BCUT2D eigenvalue weighted by molar-refractivity contribution is 6.34. The lowest BCUT2D eigenvalue weighted by Crippen LogP contribution is -2.33. The molecular weight excluding hydrogens is 361 g/mol. The fourth-order valence-electron chi connectivity index (χ4n) is 4.41. The summed E-state index contributed by atoms with van der Waals surface area (Å²) in [5.41, 5.74) is 7.42. The summed E-state index contributed by atoms with van der Waals surface area (Å²) in [4.78, 5) is 28.5. The number of anilines is 1. The average molecular weight is 384 g/mol. The van der Waals surface area contributed by atoms with E-state index in [4.69, 9.17) is 17.3 Å². The number of likely N-dealkylation sites (tertiary alicyclic amines) is 1. The van der Waals surface area contributed by atoms with Crippen LogP contribution in [0.15, 0.2) is 18.2 Å². The van der Waals surface area contributed by atoms with E-state index in [1.54, 1.807) is 17.0 Å². The van der Waals surface area contributed by atoms with Crippen LogP contribution in [0.1, 0.15) is 36.0 Å². The maximum Gasteiger partial charge on any atom is 0.255 e. The van der Waals surface area contributed by atoms with Gasteiger partial charge >= 0.3 is 0 Å². The molecule has 0 bridgehead atoms. The molecule has 3 fully saturated rings. The summed E-state index contributed by atoms with van der Waals surface area (Å²) in [7, 11) is 0. The molecule has 1 aromatic carbocycles. The van der Waals surface area contributed by atoms with Crippen LogP contribution >= 0.6 is 24.0 Å². The number of amides is 2. The summed E-state index contributed by atoms with van der Waals surface area (Å²) in [6, 6.07) is 5.51. The molecule has 4 rings (SSSR count). The molecule has 3 atom stereocenters. The molecule has 0 spiro atoms. The van der Waals surface area contributed by atoms with Crippen LogP contribution in [-0.2, 0) is 4.79 Å². The van der Waals surface area contributed by atoms with Crippen LogP contribution in [0.2, 0.25) is 5.02 Å². The van der Waals surface area contributed by atoms with Gasteiger partial charge < -0.3 is 15.5 Å². The van der Waals surface area contributed by atoms with Gasteiger partial charge in [0.15, 0.2) is 0 Å². The quantitative estimate of drug-likeness (QED) is 0.853. The molecule has 0 aromatic heterocycles. The molecule has 3 unspecified atom stereocenters. The van der Waals surface area contributed by atoms with Crippen molar-refractivity contribution in [1.29, 1.82) is 0 Å². The van der Waals surface area contributed by atoms with Crippen molar-refractivity contribution in [2.45, 2.75) is 31.7 Å². The molecule has 136 valence electrons. The number of carbonyl (C=O) groups excluding carboxylic acids is 2. The average Bonchev–Trinajstić information content (AvgIpc) is 3.25. The van der Waals surface area contributed by atoms with E-state index in [0.717, 1.165) is 31.5 Å². The zero-order chi connectivity index (χ0) is 16.8. The fourth-order valence-corrected chi connectivity index (χ4v) is 4.61. The Balaban J connectivity index is 0.00000182. The molecule has 2 N–H and O–H groups in total. The van der Waals surface area contributed by atoms with Crippen LogP contribution in [0.4, 0.5) is 5.69 Å². The lowest BCUT2D eigenvalue weighted by molar-refractivity contribution is -0.117. The van der Waals surface area contributed by atoms with E-state index in [1.807, 2.05) is 11.0 Å². The molecule has 1 aromatic rings. The van der Waals surface area contributed by atoms with Crippen LogP contribution in [0, 0.1) is 11.8 Å². The number of fused-ring (bicyclic) bond motifs is 1. The van der Waals surface area contributed by atoms with E-state index in [9.17, 15) is 9.59 Å². The molecule has 7 heteroatoms. The molecule has 1 aliphatic carbocycles. The van der Waals surface area contributed by atoms with E-state index >= 15 is 0 Å². The van der Waals surface area contributed by atoms with Crippen molar-refractivity contribution >= 4 is 41.5 Å². The monoisotopic (exact) mass is 383 g/mol. The molecule has 3 aliphatic rings. The Hall–Kier alpha value is -1.30. The molecule has 2 amide bonds. The maximum atomic E-state index is 13.0. The second-order valence-corrected chi connectivity index (χ2v) is 7.60. The maximum absolute atomic E-state index is 13.0. The van der Waals surface area contributed by atoms with Crippen molar-refractivity contribution in [2.24, 2.45) is 17.6 Å². The number of nitrogens with two attached hydrogens (primary N) is 1. The highest BCUT2D eigenvalue weighted by Gasteiger charge is 2.42. The number of halogens is 2. The topological polar surface area (TPSA) is 66.6 Å². The first-order chi connectivity index (χ1) is 11.5. The van der Waals surface area contributed by atoms with Crippen LogP contribution in [0.25, 0.3) is 0 Å². The summed E-state index contributed by atoms with van der Waals surface area (Å²) in [5.74, 6) is 0.995. The Morgan fingerprint density at radius 2 is 2.04 bits per heavy atom. The number of rotatable bonds is 2. The first-order valence-electron chi connectivity index (χ1n) is 8.69. The highest BCUT2D eigenvalue weighted by atomic mass is 35.5. The van der Waals surface area contributed by atoms with Crippen molar-refractivity contribution in [3.8, 4) is 0 Å². The second-order valence-electron chi connectivity index (χ2n) is 7.19. The van der Waals surface area contributed by atoms with E-state index < -0.39 is 0 Å². The summed E-state index contributed by atoms with van der Waals surface area (Å²) >= 11 is 6.29. The number of benzene rings is 1. The van der Waals surface area contributed by atoms with E-state index in [1.165, 1.54) is 0 Å². The van der Waals surface area contributed by atoms with Gasteiger partial charge in [0, 0.05) is 37.8 Å². The summed E-state index contributed by atoms with van der Waals surface area (Å²) < 4.78 is 0. The number of hydrogen-bond acceptors (Lipinski definition) is 3. The van der Waals surface area contributed by atoms with E-state index in [2.05, 4.69) is 0 Å². The minimum absolute atomic E-state index is 0. The van der Waals surface area contributed by atoms with Gasteiger partial charge in [0.05, 0.1) is 10.6 Å². The van der Waals surface area contributed by atoms with Gasteiger partial charge in [0.1, 0.15) is 0 Å². The van der Waals surface area contributed by atoms with Crippen molar-refractivity contribution < 1.29 is 9.59 Å². The van der Waals surface area contributed by atoms with Crippen LogP contribution < -0.4 is 10.6 Å². The van der Waals surface area contributed by atoms with Gasteiger partial charge in [-0.05, 0) is 49.3 Å². The molecule has 1 saturated carbocycles. The van der Waals surface area contributed by atoms with Gasteiger partial charge in [-0.3, -0.25) is 9.59 Å². The van der Waals surface area contributed by atoms with E-state index in [-0.39, 0.29) is 30.3 Å². The molecule has 2 heterocycles. The minimum Gasteiger partial charge on any atom is -0.338 e. The lowest BCUT2D eigenvalue weighted by Gasteiger charge is -2.21. The zero-order valence-corrected chi connectivity index (χ0v) is 15.6. The standard InChI is InChI=1S/C18H22ClN3O2.ClH/c19-15-5-4-12(22-7-1-2-17(22)23)8-13(15)18(24)21-9-11-3-6-16(20)14(11)10-21;/h4-5,8,11,14,16H,1-3,6-7,9-10,20H2;1H. The Labute approximate surface area is 158 Å². The third-order valence-electron chi connectivity index (χ3n) is 5.76. The SMILES string of the molecule is Cl.NC1CCC2CN(C(=O)c3cc(N4CCCC4=O)ccc3Cl)CC12. The minimum atomic E-state index is -0.0462. The van der Waals surface area contributed by atoms with Crippen LogP contribution in [-0.4, -0.2) is 42.4 Å². The van der Waals surface area contributed by atoms with Gasteiger partial charge in [0.25, 0.3) is 5.91 Å². The predicted molar refractivity (Wildman–Crippen MR) is 100 cm³/mol. The first-order valence-corrected chi connectivity index (χ1v) is 9.07. The first kappa shape index (κ1) is 18.5. The van der Waals surface area contributed by atoms with Gasteiger partial charge in [0.2, 0.25) is 5.91 Å². The molecule has 2 aliphatic heterocycles. The van der Waals surface area contributed by atoms with Crippen molar-refractivity contribution in [3.63, 3.8) is 0 Å². The molecule has 5 nitrogen and oxygen atoms in total. The van der Waals surface area contributed by atoms with Crippen molar-refractivity contribution in [3.05, 3.63) is 28.8 Å². The lowest BCUT2D eigenvalue weighted by atomic mass is 9.98. The van der Waals surface area contributed by atoms with Crippen LogP contribution in [0.5, 0.6) is 0 Å². The zero-order valence-electron chi connectivity index (χ0n) is 14.0. The van der Waals surface area contributed by atoms with Crippen molar-refractivity contribution in [2.75, 3.05) is 24.5 Å². The Bertz CT molecular complexity index is 697. The third-order valence-corrected chi connectivity index (χ3v) is 6.09. The fraction of sp³-hybridized carbons (Fsp3) is 0.556. The molecule has 0 radical (unpaired) electrons. The second kappa shape index (κ2) is 7.14. The summed E-state index contributed by atoms with van der Waals surface area (Å²) in [6.07, 6.45) is 3.59. The van der Waals surface area contributed by atoms with Crippen molar-refractivity contribution in [1.82, 2.24) is 4.90 Å². The largest absolute Gasteiger partial charge is 0.338 e. The Morgan fingerprint density at radius 1 is 1.24 bits per heavy atom. The number of carbonyl (C=O) groups is 2. The summed E-state index contributed by atoms with van der Waals surface area (Å²) in [6.45, 7) is 2.19. The number of hydrogen-bond donors (Lipinski definition) is 1. The van der Waals surface area contributed by atoms with Gasteiger partial charge in [-0.25, -0.2) is 0 Å². The van der Waals surface area contributed by atoms with Gasteiger partial charge in [-0.1, -0.05) is 11.6 Å². The molecule has 2 saturated heterocycles. The van der Waals surface area contributed by atoms with Gasteiger partial charge in [-0.2, -0.15) is 0 Å². The third kappa shape index (κ3) is 3.25. The Morgan fingerprint density at radius 3 is 2.72 bits per heavy atom. The normalized spacial score (nSPS) is 28.2. The van der Waals surface area contributed by atoms with Crippen LogP contribution in [0.3, 0.4) is 0 Å².